The molecule has 2 unspecified atom stereocenters. The van der Waals surface area contributed by atoms with Gasteiger partial charge in [0.15, 0.2) is 7.14 Å². The van der Waals surface area contributed by atoms with E-state index in [1.807, 2.05) is 38.1 Å². The first-order valence-corrected chi connectivity index (χ1v) is 12.3. The zero-order valence-corrected chi connectivity index (χ0v) is 21.1. The molecule has 0 radical (unpaired) electrons. The summed E-state index contributed by atoms with van der Waals surface area (Å²) in [6.07, 6.45) is 2.06. The SMILES string of the molecule is C=COC(C)Oc1ccc([I+]c2ccc(OC(C)OC=C)cc2)cc1.NC(CO)(CO)CO. The molecule has 5 N–H and O–H groups in total. The van der Waals surface area contributed by atoms with E-state index in [-0.39, 0.29) is 33.8 Å². The lowest BCUT2D eigenvalue weighted by Crippen LogP contribution is -3.61. The number of halogens is 1. The molecule has 9 heteroatoms. The lowest BCUT2D eigenvalue weighted by atomic mass is 10.1. The van der Waals surface area contributed by atoms with Crippen molar-refractivity contribution in [3.8, 4) is 11.5 Å². The first kappa shape index (κ1) is 28.7. The van der Waals surface area contributed by atoms with Gasteiger partial charge in [0.2, 0.25) is 12.6 Å². The van der Waals surface area contributed by atoms with Gasteiger partial charge in [-0.25, -0.2) is 0 Å². The van der Waals surface area contributed by atoms with Crippen molar-refractivity contribution in [1.82, 2.24) is 0 Å². The number of rotatable bonds is 13. The summed E-state index contributed by atoms with van der Waals surface area (Å²) in [5.74, 6) is 1.56. The Balaban J connectivity index is 0.000000582. The summed E-state index contributed by atoms with van der Waals surface area (Å²) in [6.45, 7) is 9.48. The Labute approximate surface area is 205 Å². The average Bonchev–Trinajstić information content (AvgIpc) is 2.82. The second-order valence-electron chi connectivity index (χ2n) is 6.82. The highest BCUT2D eigenvalue weighted by atomic mass is 127. The zero-order chi connectivity index (χ0) is 24.7. The van der Waals surface area contributed by atoms with Crippen molar-refractivity contribution in [3.05, 3.63) is 81.4 Å². The van der Waals surface area contributed by atoms with Gasteiger partial charge < -0.3 is 40.0 Å². The highest BCUT2D eigenvalue weighted by Gasteiger charge is 2.20. The fourth-order valence-electron chi connectivity index (χ4n) is 2.14. The van der Waals surface area contributed by atoms with Crippen LogP contribution in [0.15, 0.2) is 74.2 Å². The van der Waals surface area contributed by atoms with E-state index in [9.17, 15) is 0 Å². The summed E-state index contributed by atoms with van der Waals surface area (Å²) in [6, 6.07) is 16.2. The maximum Gasteiger partial charge on any atom is 0.357 e. The van der Waals surface area contributed by atoms with Crippen LogP contribution in [0.3, 0.4) is 0 Å². The van der Waals surface area contributed by atoms with Gasteiger partial charge in [-0.1, -0.05) is 13.2 Å². The van der Waals surface area contributed by atoms with Crippen molar-refractivity contribution in [3.63, 3.8) is 0 Å². The predicted molar refractivity (Wildman–Crippen MR) is 121 cm³/mol. The molecule has 0 spiro atoms. The minimum atomic E-state index is -1.21. The molecule has 0 saturated heterocycles. The molecule has 2 aromatic carbocycles. The second kappa shape index (κ2) is 15.5. The number of aliphatic hydroxyl groups excluding tert-OH is 3. The van der Waals surface area contributed by atoms with E-state index in [1.165, 1.54) is 19.7 Å². The van der Waals surface area contributed by atoms with Crippen LogP contribution >= 0.6 is 0 Å². The van der Waals surface area contributed by atoms with Crippen molar-refractivity contribution in [1.29, 1.82) is 0 Å². The summed E-state index contributed by atoms with van der Waals surface area (Å²) in [5.41, 5.74) is 3.94. The van der Waals surface area contributed by atoms with E-state index in [2.05, 4.69) is 37.4 Å². The van der Waals surface area contributed by atoms with Crippen LogP contribution in [0.25, 0.3) is 0 Å². The third-order valence-corrected chi connectivity index (χ3v) is 6.65. The second-order valence-corrected chi connectivity index (χ2v) is 9.85. The van der Waals surface area contributed by atoms with E-state index in [4.69, 9.17) is 40.0 Å². The van der Waals surface area contributed by atoms with Crippen molar-refractivity contribution < 1.29 is 55.5 Å². The molecule has 0 heterocycles. The van der Waals surface area contributed by atoms with Gasteiger partial charge in [0.1, 0.15) is 11.5 Å². The van der Waals surface area contributed by atoms with Gasteiger partial charge in [-0.3, -0.25) is 0 Å². The topological polar surface area (TPSA) is 124 Å². The van der Waals surface area contributed by atoms with Crippen molar-refractivity contribution in [2.45, 2.75) is 32.0 Å². The molecule has 2 aromatic rings. The summed E-state index contributed by atoms with van der Waals surface area (Å²) < 4.78 is 24.1. The molecule has 0 amide bonds. The smallest absolute Gasteiger partial charge is 0.357 e. The zero-order valence-electron chi connectivity index (χ0n) is 18.9. The van der Waals surface area contributed by atoms with Gasteiger partial charge in [0.05, 0.1) is 37.9 Å². The molecule has 2 rings (SSSR count). The number of aliphatic hydroxyl groups is 3. The minimum Gasteiger partial charge on any atom is -0.463 e. The first-order chi connectivity index (χ1) is 15.8. The highest BCUT2D eigenvalue weighted by Crippen LogP contribution is 2.12. The van der Waals surface area contributed by atoms with Crippen molar-refractivity contribution >= 4 is 0 Å². The van der Waals surface area contributed by atoms with E-state index in [1.54, 1.807) is 0 Å². The van der Waals surface area contributed by atoms with Crippen LogP contribution in [0.5, 0.6) is 11.5 Å². The number of hydrogen-bond donors (Lipinski definition) is 4. The summed E-state index contributed by atoms with van der Waals surface area (Å²) in [5, 5.41) is 25.0. The van der Waals surface area contributed by atoms with E-state index in [0.717, 1.165) is 11.5 Å². The van der Waals surface area contributed by atoms with Crippen LogP contribution in [0, 0.1) is 7.14 Å². The van der Waals surface area contributed by atoms with Crippen LogP contribution in [0.4, 0.5) is 0 Å². The van der Waals surface area contributed by atoms with Gasteiger partial charge >= 0.3 is 21.2 Å². The molecule has 8 nitrogen and oxygen atoms in total. The van der Waals surface area contributed by atoms with E-state index < -0.39 is 25.4 Å². The molecule has 0 aliphatic rings. The molecule has 0 saturated carbocycles. The van der Waals surface area contributed by atoms with Crippen molar-refractivity contribution in [2.24, 2.45) is 5.73 Å². The van der Waals surface area contributed by atoms with Crippen LogP contribution in [0.2, 0.25) is 0 Å². The van der Waals surface area contributed by atoms with Gasteiger partial charge in [-0.05, 0) is 48.5 Å². The average molecular weight is 574 g/mol. The largest absolute Gasteiger partial charge is 0.463 e. The fraction of sp³-hybridized carbons (Fsp3) is 0.333. The van der Waals surface area contributed by atoms with Gasteiger partial charge in [0, 0.05) is 13.8 Å². The molecule has 33 heavy (non-hydrogen) atoms. The monoisotopic (exact) mass is 574 g/mol. The lowest BCUT2D eigenvalue weighted by molar-refractivity contribution is -0.597. The maximum atomic E-state index is 8.34. The summed E-state index contributed by atoms with van der Waals surface area (Å²) in [4.78, 5) is 0. The number of benzene rings is 2. The van der Waals surface area contributed by atoms with Gasteiger partial charge in [0.25, 0.3) is 0 Å². The Morgan fingerprint density at radius 1 is 0.788 bits per heavy atom. The van der Waals surface area contributed by atoms with Crippen molar-refractivity contribution in [2.75, 3.05) is 19.8 Å². The van der Waals surface area contributed by atoms with Crippen LogP contribution in [-0.4, -0.2) is 53.3 Å². The molecular weight excluding hydrogens is 541 g/mol. The number of ether oxygens (including phenoxy) is 4. The third kappa shape index (κ3) is 11.4. The van der Waals surface area contributed by atoms with Crippen LogP contribution < -0.4 is 36.4 Å². The standard InChI is InChI=1S/C20H22IO4.C4H11NO3/c1-5-22-15(3)24-19-11-7-17(8-12-19)21-18-9-13-20(14-10-18)25-16(4)23-6-2;5-4(1-6,2-7)3-8/h5-16H,1-2H2,3-4H3;6-8H,1-3,5H2/q+1;. The Morgan fingerprint density at radius 2 is 1.12 bits per heavy atom. The first-order valence-electron chi connectivity index (χ1n) is 10.1. The molecule has 0 aliphatic carbocycles. The Hall–Kier alpha value is -2.31. The Kier molecular flexibility index (Phi) is 13.5. The highest BCUT2D eigenvalue weighted by molar-refractivity contribution is 5.22. The number of nitrogens with two attached hydrogens (primary N) is 1. The quantitative estimate of drug-likeness (QED) is 0.140. The fourth-order valence-corrected chi connectivity index (χ4v) is 4.30. The predicted octanol–water partition coefficient (Wildman–Crippen LogP) is -0.754. The molecular formula is C24H33INO7+. The van der Waals surface area contributed by atoms with Gasteiger partial charge in [-0.2, -0.15) is 0 Å². The van der Waals surface area contributed by atoms with Gasteiger partial charge in [-0.15, -0.1) is 0 Å². The Bertz CT molecular complexity index is 743. The molecule has 0 fully saturated rings. The molecule has 0 aliphatic heterocycles. The maximum absolute atomic E-state index is 8.34. The lowest BCUT2D eigenvalue weighted by Gasteiger charge is -2.20. The normalized spacial score (nSPS) is 12.4. The van der Waals surface area contributed by atoms with Crippen LogP contribution in [0.1, 0.15) is 13.8 Å². The molecule has 0 bridgehead atoms. The van der Waals surface area contributed by atoms with E-state index >= 15 is 0 Å². The molecule has 0 aromatic heterocycles. The van der Waals surface area contributed by atoms with Crippen LogP contribution in [-0.2, 0) is 9.47 Å². The number of hydrogen-bond acceptors (Lipinski definition) is 8. The van der Waals surface area contributed by atoms with E-state index in [0.29, 0.717) is 0 Å². The minimum absolute atomic E-state index is 0.259. The molecule has 182 valence electrons. The summed E-state index contributed by atoms with van der Waals surface area (Å²) >= 11 is -0.259. The summed E-state index contributed by atoms with van der Waals surface area (Å²) in [7, 11) is 0. The third-order valence-electron chi connectivity index (χ3n) is 3.97. The Morgan fingerprint density at radius 3 is 1.36 bits per heavy atom. The molecule has 2 atom stereocenters.